The molecule has 3 rings (SSSR count). The van der Waals surface area contributed by atoms with E-state index < -0.39 is 0 Å². The minimum atomic E-state index is -0.146. The molecule has 2 aromatic carbocycles. The normalized spacial score (nSPS) is 13.8. The predicted molar refractivity (Wildman–Crippen MR) is 83.7 cm³/mol. The average Bonchev–Trinajstić information content (AvgIpc) is 2.99. The number of benzene rings is 2. The molecule has 1 aliphatic rings. The smallest absolute Gasteiger partial charge is 0.322 e. The number of carbonyl (C=O) groups is 1. The van der Waals surface area contributed by atoms with E-state index in [1.165, 1.54) is 11.1 Å². The third-order valence-electron chi connectivity index (χ3n) is 3.67. The molecule has 0 fully saturated rings. The van der Waals surface area contributed by atoms with E-state index in [4.69, 9.17) is 10.9 Å². The fraction of sp³-hybridized carbons (Fsp3) is 0.125. The van der Waals surface area contributed by atoms with Crippen LogP contribution in [0.1, 0.15) is 16.7 Å². The van der Waals surface area contributed by atoms with E-state index in [1.54, 1.807) is 29.2 Å². The number of rotatable bonds is 2. The molecule has 112 valence electrons. The first-order chi connectivity index (χ1) is 10.7. The van der Waals surface area contributed by atoms with Crippen molar-refractivity contribution in [2.24, 2.45) is 10.9 Å². The van der Waals surface area contributed by atoms with Crippen LogP contribution >= 0.6 is 0 Å². The lowest BCUT2D eigenvalue weighted by molar-refractivity contribution is 0.212. The molecule has 2 aromatic rings. The molecule has 0 spiro atoms. The molecule has 6 heteroatoms. The molecule has 6 nitrogen and oxygen atoms in total. The fourth-order valence-corrected chi connectivity index (χ4v) is 2.46. The van der Waals surface area contributed by atoms with E-state index in [0.29, 0.717) is 24.3 Å². The number of amides is 2. The molecule has 0 aliphatic carbocycles. The highest BCUT2D eigenvalue weighted by molar-refractivity contribution is 5.97. The van der Waals surface area contributed by atoms with Crippen molar-refractivity contribution in [3.8, 4) is 0 Å². The minimum Gasteiger partial charge on any atom is -0.409 e. The number of nitrogens with zero attached hydrogens (tertiary/aromatic N) is 2. The van der Waals surface area contributed by atoms with Crippen molar-refractivity contribution in [2.45, 2.75) is 13.1 Å². The van der Waals surface area contributed by atoms with Crippen molar-refractivity contribution in [1.29, 1.82) is 0 Å². The molecule has 0 saturated heterocycles. The van der Waals surface area contributed by atoms with Crippen LogP contribution in [0.4, 0.5) is 10.5 Å². The number of oxime groups is 1. The molecule has 1 aliphatic heterocycles. The van der Waals surface area contributed by atoms with E-state index in [9.17, 15) is 4.79 Å². The zero-order valence-corrected chi connectivity index (χ0v) is 11.9. The third-order valence-corrected chi connectivity index (χ3v) is 3.67. The maximum atomic E-state index is 12.3. The van der Waals surface area contributed by atoms with Crippen molar-refractivity contribution < 1.29 is 10.0 Å². The highest BCUT2D eigenvalue weighted by Gasteiger charge is 2.22. The van der Waals surface area contributed by atoms with Gasteiger partial charge in [-0.1, -0.05) is 29.4 Å². The summed E-state index contributed by atoms with van der Waals surface area (Å²) in [5.74, 6) is 0.0351. The van der Waals surface area contributed by atoms with Crippen molar-refractivity contribution >= 4 is 17.6 Å². The van der Waals surface area contributed by atoms with Crippen LogP contribution in [0, 0.1) is 0 Å². The zero-order chi connectivity index (χ0) is 15.5. The van der Waals surface area contributed by atoms with Crippen LogP contribution in [0.3, 0.4) is 0 Å². The number of hydrogen-bond donors (Lipinski definition) is 3. The van der Waals surface area contributed by atoms with Crippen molar-refractivity contribution in [3.63, 3.8) is 0 Å². The number of carbonyl (C=O) groups excluding carboxylic acids is 1. The largest absolute Gasteiger partial charge is 0.409 e. The Balaban J connectivity index is 1.66. The van der Waals surface area contributed by atoms with Gasteiger partial charge in [0.2, 0.25) is 0 Å². The zero-order valence-electron chi connectivity index (χ0n) is 11.9. The van der Waals surface area contributed by atoms with Gasteiger partial charge in [0.1, 0.15) is 0 Å². The molecular weight excluding hydrogens is 280 g/mol. The van der Waals surface area contributed by atoms with E-state index in [-0.39, 0.29) is 11.9 Å². The first kappa shape index (κ1) is 13.9. The summed E-state index contributed by atoms with van der Waals surface area (Å²) in [6.07, 6.45) is 0. The highest BCUT2D eigenvalue weighted by atomic mass is 16.4. The van der Waals surface area contributed by atoms with Crippen molar-refractivity contribution in [2.75, 3.05) is 5.32 Å². The molecule has 0 saturated carbocycles. The number of amidine groups is 1. The Hall–Kier alpha value is -3.02. The third kappa shape index (κ3) is 2.71. The Morgan fingerprint density at radius 3 is 2.23 bits per heavy atom. The Labute approximate surface area is 127 Å². The lowest BCUT2D eigenvalue weighted by Crippen LogP contribution is -2.30. The van der Waals surface area contributed by atoms with E-state index in [0.717, 1.165) is 0 Å². The Bertz CT molecular complexity index is 700. The molecule has 2 amide bonds. The maximum absolute atomic E-state index is 12.3. The molecular formula is C16H16N4O2. The van der Waals surface area contributed by atoms with Crippen LogP contribution in [0.25, 0.3) is 0 Å². The van der Waals surface area contributed by atoms with Crippen LogP contribution in [-0.4, -0.2) is 22.0 Å². The number of fused-ring (bicyclic) bond motifs is 1. The lowest BCUT2D eigenvalue weighted by Gasteiger charge is -2.16. The summed E-state index contributed by atoms with van der Waals surface area (Å²) in [6.45, 7) is 1.23. The Morgan fingerprint density at radius 2 is 1.68 bits per heavy atom. The summed E-state index contributed by atoms with van der Waals surface area (Å²) in [4.78, 5) is 14.0. The topological polar surface area (TPSA) is 91.0 Å². The molecule has 22 heavy (non-hydrogen) atoms. The van der Waals surface area contributed by atoms with Crippen LogP contribution in [0.15, 0.2) is 53.7 Å². The van der Waals surface area contributed by atoms with Crippen LogP contribution < -0.4 is 11.1 Å². The predicted octanol–water partition coefficient (Wildman–Crippen LogP) is 2.33. The maximum Gasteiger partial charge on any atom is 0.322 e. The summed E-state index contributed by atoms with van der Waals surface area (Å²) < 4.78 is 0. The van der Waals surface area contributed by atoms with Crippen LogP contribution in [-0.2, 0) is 13.1 Å². The quantitative estimate of drug-likeness (QED) is 0.344. The number of nitrogens with one attached hydrogen (secondary N) is 1. The molecule has 0 bridgehead atoms. The number of urea groups is 1. The number of anilines is 1. The second kappa shape index (κ2) is 5.77. The highest BCUT2D eigenvalue weighted by Crippen LogP contribution is 2.23. The van der Waals surface area contributed by atoms with Gasteiger partial charge in [0.25, 0.3) is 0 Å². The van der Waals surface area contributed by atoms with E-state index >= 15 is 0 Å². The summed E-state index contributed by atoms with van der Waals surface area (Å²) >= 11 is 0. The molecule has 0 aromatic heterocycles. The van der Waals surface area contributed by atoms with Crippen LogP contribution in [0.2, 0.25) is 0 Å². The van der Waals surface area contributed by atoms with Gasteiger partial charge in [-0.25, -0.2) is 4.79 Å². The van der Waals surface area contributed by atoms with Gasteiger partial charge in [0.05, 0.1) is 0 Å². The second-order valence-electron chi connectivity index (χ2n) is 5.12. The van der Waals surface area contributed by atoms with Gasteiger partial charge in [-0.3, -0.25) is 0 Å². The molecule has 1 heterocycles. The summed E-state index contributed by atoms with van der Waals surface area (Å²) in [5.41, 5.74) is 9.11. The van der Waals surface area contributed by atoms with Gasteiger partial charge in [-0.05, 0) is 35.4 Å². The standard InChI is InChI=1S/C16H16N4O2/c17-15(19-22)11-5-7-14(8-6-11)18-16(21)20-9-12-3-1-2-4-13(12)10-20/h1-8,22H,9-10H2,(H2,17,19)(H,18,21). The fourth-order valence-electron chi connectivity index (χ4n) is 2.46. The van der Waals surface area contributed by atoms with Gasteiger partial charge < -0.3 is 21.2 Å². The van der Waals surface area contributed by atoms with Gasteiger partial charge >= 0.3 is 6.03 Å². The van der Waals surface area contributed by atoms with Crippen molar-refractivity contribution in [1.82, 2.24) is 4.90 Å². The SMILES string of the molecule is N/C(=N\O)c1ccc(NC(=O)N2Cc3ccccc3C2)cc1. The number of hydrogen-bond acceptors (Lipinski definition) is 3. The summed E-state index contributed by atoms with van der Waals surface area (Å²) in [6, 6.07) is 14.7. The average molecular weight is 296 g/mol. The first-order valence-electron chi connectivity index (χ1n) is 6.88. The van der Waals surface area contributed by atoms with Gasteiger partial charge in [-0.15, -0.1) is 0 Å². The first-order valence-corrected chi connectivity index (χ1v) is 6.88. The molecule has 0 atom stereocenters. The Morgan fingerprint density at radius 1 is 1.09 bits per heavy atom. The molecule has 4 N–H and O–H groups in total. The Kier molecular flexibility index (Phi) is 3.65. The van der Waals surface area contributed by atoms with E-state index in [1.807, 2.05) is 24.3 Å². The van der Waals surface area contributed by atoms with Gasteiger partial charge in [0, 0.05) is 24.3 Å². The minimum absolute atomic E-state index is 0.0351. The van der Waals surface area contributed by atoms with Gasteiger partial charge in [-0.2, -0.15) is 0 Å². The monoisotopic (exact) mass is 296 g/mol. The van der Waals surface area contributed by atoms with Gasteiger partial charge in [0.15, 0.2) is 5.84 Å². The van der Waals surface area contributed by atoms with Crippen molar-refractivity contribution in [3.05, 3.63) is 65.2 Å². The molecule has 0 unspecified atom stereocenters. The second-order valence-corrected chi connectivity index (χ2v) is 5.12. The lowest BCUT2D eigenvalue weighted by atomic mass is 10.1. The number of nitrogens with two attached hydrogens (primary N) is 1. The van der Waals surface area contributed by atoms with Crippen LogP contribution in [0.5, 0.6) is 0 Å². The summed E-state index contributed by atoms with van der Waals surface area (Å²) in [5, 5.41) is 14.4. The van der Waals surface area contributed by atoms with E-state index in [2.05, 4.69) is 10.5 Å². The summed E-state index contributed by atoms with van der Waals surface area (Å²) in [7, 11) is 0. The molecule has 0 radical (unpaired) electrons.